The minimum absolute atomic E-state index is 0.0347. The number of nitrogens with zero attached hydrogens (tertiary/aromatic N) is 2. The third-order valence-corrected chi connectivity index (χ3v) is 4.45. The fourth-order valence-electron chi connectivity index (χ4n) is 2.53. The number of thiazole rings is 1. The highest BCUT2D eigenvalue weighted by Crippen LogP contribution is 2.30. The lowest BCUT2D eigenvalue weighted by Gasteiger charge is -2.18. The minimum Gasteiger partial charge on any atom is -0.486 e. The Morgan fingerprint density at radius 3 is 2.96 bits per heavy atom. The number of carbonyl (C=O) groups excluding carboxylic acids is 1. The van der Waals surface area contributed by atoms with Gasteiger partial charge in [-0.05, 0) is 17.7 Å². The standard InChI is InChI=1S/C17H14N2O5S/c20-15-9-12(18-17-19(15)3-6-25-17)10-24-16(21)8-11-1-2-13-14(7-11)23-5-4-22-13/h1-3,6-7,9H,4-5,8,10H2. The molecule has 0 amide bonds. The molecule has 1 aliphatic rings. The molecule has 0 bridgehead atoms. The first kappa shape index (κ1) is 15.6. The van der Waals surface area contributed by atoms with E-state index >= 15 is 0 Å². The second-order valence-electron chi connectivity index (χ2n) is 5.46. The lowest BCUT2D eigenvalue weighted by atomic mass is 10.1. The van der Waals surface area contributed by atoms with E-state index in [2.05, 4.69) is 4.98 Å². The molecule has 128 valence electrons. The second-order valence-corrected chi connectivity index (χ2v) is 6.33. The van der Waals surface area contributed by atoms with Crippen molar-refractivity contribution in [2.24, 2.45) is 0 Å². The Kier molecular flexibility index (Phi) is 4.10. The van der Waals surface area contributed by atoms with E-state index in [4.69, 9.17) is 14.2 Å². The molecule has 3 aromatic rings. The lowest BCUT2D eigenvalue weighted by Crippen LogP contribution is -2.16. The van der Waals surface area contributed by atoms with Gasteiger partial charge in [0.2, 0.25) is 0 Å². The van der Waals surface area contributed by atoms with Gasteiger partial charge in [0.05, 0.1) is 12.1 Å². The van der Waals surface area contributed by atoms with Gasteiger partial charge < -0.3 is 14.2 Å². The van der Waals surface area contributed by atoms with Crippen molar-refractivity contribution in [3.05, 3.63) is 57.5 Å². The van der Waals surface area contributed by atoms with Crippen LogP contribution in [0.1, 0.15) is 11.3 Å². The molecule has 8 heteroatoms. The Morgan fingerprint density at radius 2 is 2.08 bits per heavy atom. The van der Waals surface area contributed by atoms with Gasteiger partial charge in [-0.25, -0.2) is 4.98 Å². The van der Waals surface area contributed by atoms with Crippen LogP contribution in [-0.2, 0) is 22.6 Å². The van der Waals surface area contributed by atoms with E-state index in [9.17, 15) is 9.59 Å². The number of esters is 1. The molecular weight excluding hydrogens is 344 g/mol. The van der Waals surface area contributed by atoms with E-state index in [-0.39, 0.29) is 18.6 Å². The van der Waals surface area contributed by atoms with Crippen LogP contribution in [0.25, 0.3) is 4.96 Å². The molecule has 1 aromatic carbocycles. The zero-order chi connectivity index (χ0) is 17.2. The third-order valence-electron chi connectivity index (χ3n) is 3.69. The highest BCUT2D eigenvalue weighted by atomic mass is 32.1. The first-order chi connectivity index (χ1) is 12.2. The normalized spacial score (nSPS) is 13.0. The average Bonchev–Trinajstić information content (AvgIpc) is 3.09. The molecule has 0 aliphatic carbocycles. The summed E-state index contributed by atoms with van der Waals surface area (Å²) in [5.41, 5.74) is 1.02. The molecule has 0 atom stereocenters. The van der Waals surface area contributed by atoms with Crippen LogP contribution < -0.4 is 15.0 Å². The number of carbonyl (C=O) groups is 1. The number of fused-ring (bicyclic) bond motifs is 2. The molecule has 0 saturated carbocycles. The monoisotopic (exact) mass is 358 g/mol. The van der Waals surface area contributed by atoms with Gasteiger partial charge in [0.15, 0.2) is 16.5 Å². The second kappa shape index (κ2) is 6.56. The van der Waals surface area contributed by atoms with Crippen LogP contribution in [0.3, 0.4) is 0 Å². The van der Waals surface area contributed by atoms with E-state index in [0.29, 0.717) is 35.4 Å². The summed E-state index contributed by atoms with van der Waals surface area (Å²) in [4.78, 5) is 28.8. The van der Waals surface area contributed by atoms with Crippen LogP contribution in [0.4, 0.5) is 0 Å². The van der Waals surface area contributed by atoms with Gasteiger partial charge in [0.25, 0.3) is 5.56 Å². The predicted molar refractivity (Wildman–Crippen MR) is 90.3 cm³/mol. The van der Waals surface area contributed by atoms with Crippen molar-refractivity contribution < 1.29 is 19.0 Å². The van der Waals surface area contributed by atoms with E-state index in [0.717, 1.165) is 5.56 Å². The molecule has 0 spiro atoms. The molecule has 25 heavy (non-hydrogen) atoms. The van der Waals surface area contributed by atoms with Crippen LogP contribution in [0.2, 0.25) is 0 Å². The Labute approximate surface area is 146 Å². The smallest absolute Gasteiger partial charge is 0.310 e. The highest BCUT2D eigenvalue weighted by Gasteiger charge is 2.14. The molecule has 1 aliphatic heterocycles. The molecule has 3 heterocycles. The molecule has 0 radical (unpaired) electrons. The van der Waals surface area contributed by atoms with Gasteiger partial charge in [-0.3, -0.25) is 14.0 Å². The quantitative estimate of drug-likeness (QED) is 0.662. The zero-order valence-corrected chi connectivity index (χ0v) is 14.0. The SMILES string of the molecule is O=C(Cc1ccc2c(c1)OCCO2)OCc1cc(=O)n2ccsc2n1. The summed E-state index contributed by atoms with van der Waals surface area (Å²) in [5.74, 6) is 0.913. The van der Waals surface area contributed by atoms with E-state index in [1.165, 1.54) is 21.8 Å². The molecule has 0 N–H and O–H groups in total. The molecular formula is C17H14N2O5S. The van der Waals surface area contributed by atoms with Crippen molar-refractivity contribution in [3.8, 4) is 11.5 Å². The number of rotatable bonds is 4. The Balaban J connectivity index is 1.41. The third kappa shape index (κ3) is 3.34. The first-order valence-electron chi connectivity index (χ1n) is 7.69. The number of ether oxygens (including phenoxy) is 3. The van der Waals surface area contributed by atoms with Crippen molar-refractivity contribution in [2.45, 2.75) is 13.0 Å². The topological polar surface area (TPSA) is 79.1 Å². The van der Waals surface area contributed by atoms with Crippen molar-refractivity contribution in [1.82, 2.24) is 9.38 Å². The molecule has 0 fully saturated rings. The summed E-state index contributed by atoms with van der Waals surface area (Å²) in [5, 5.41) is 1.78. The fraction of sp³-hybridized carbons (Fsp3) is 0.235. The number of hydrogen-bond acceptors (Lipinski definition) is 7. The lowest BCUT2D eigenvalue weighted by molar-refractivity contribution is -0.144. The van der Waals surface area contributed by atoms with Gasteiger partial charge in [-0.2, -0.15) is 0 Å². The largest absolute Gasteiger partial charge is 0.486 e. The van der Waals surface area contributed by atoms with Crippen molar-refractivity contribution in [1.29, 1.82) is 0 Å². The van der Waals surface area contributed by atoms with Crippen LogP contribution in [0, 0.1) is 0 Å². The molecule has 0 unspecified atom stereocenters. The van der Waals surface area contributed by atoms with Gasteiger partial charge in [0, 0.05) is 17.6 Å². The highest BCUT2D eigenvalue weighted by molar-refractivity contribution is 7.15. The summed E-state index contributed by atoms with van der Waals surface area (Å²) in [6, 6.07) is 6.73. The maximum absolute atomic E-state index is 12.0. The van der Waals surface area contributed by atoms with Crippen molar-refractivity contribution in [2.75, 3.05) is 13.2 Å². The van der Waals surface area contributed by atoms with E-state index in [1.807, 2.05) is 0 Å². The first-order valence-corrected chi connectivity index (χ1v) is 8.57. The molecule has 4 rings (SSSR count). The van der Waals surface area contributed by atoms with Crippen LogP contribution in [0.5, 0.6) is 11.5 Å². The van der Waals surface area contributed by atoms with E-state index in [1.54, 1.807) is 29.8 Å². The summed E-state index contributed by atoms with van der Waals surface area (Å²) < 4.78 is 17.6. The maximum Gasteiger partial charge on any atom is 0.310 e. The Morgan fingerprint density at radius 1 is 1.24 bits per heavy atom. The number of hydrogen-bond donors (Lipinski definition) is 0. The summed E-state index contributed by atoms with van der Waals surface area (Å²) in [6.07, 6.45) is 1.77. The maximum atomic E-state index is 12.0. The summed E-state index contributed by atoms with van der Waals surface area (Å²) >= 11 is 1.35. The average molecular weight is 358 g/mol. The van der Waals surface area contributed by atoms with Crippen molar-refractivity contribution >= 4 is 22.3 Å². The van der Waals surface area contributed by atoms with E-state index < -0.39 is 5.97 Å². The number of benzene rings is 1. The Bertz CT molecular complexity index is 994. The predicted octanol–water partition coefficient (Wildman–Crippen LogP) is 1.81. The van der Waals surface area contributed by atoms with Gasteiger partial charge in [0.1, 0.15) is 19.8 Å². The molecule has 2 aromatic heterocycles. The minimum atomic E-state index is -0.398. The van der Waals surface area contributed by atoms with Crippen LogP contribution >= 0.6 is 11.3 Å². The van der Waals surface area contributed by atoms with Gasteiger partial charge in [-0.15, -0.1) is 11.3 Å². The Hall–Kier alpha value is -2.87. The fourth-order valence-corrected chi connectivity index (χ4v) is 3.27. The summed E-state index contributed by atoms with van der Waals surface area (Å²) in [7, 11) is 0. The van der Waals surface area contributed by atoms with Gasteiger partial charge in [-0.1, -0.05) is 6.07 Å². The zero-order valence-electron chi connectivity index (χ0n) is 13.1. The number of aromatic nitrogens is 2. The van der Waals surface area contributed by atoms with Crippen LogP contribution in [-0.4, -0.2) is 28.6 Å². The molecule has 0 saturated heterocycles. The molecule has 7 nitrogen and oxygen atoms in total. The van der Waals surface area contributed by atoms with Crippen molar-refractivity contribution in [3.63, 3.8) is 0 Å². The summed E-state index contributed by atoms with van der Waals surface area (Å²) in [6.45, 7) is 0.982. The van der Waals surface area contributed by atoms with Crippen LogP contribution in [0.15, 0.2) is 40.6 Å². The van der Waals surface area contributed by atoms with Gasteiger partial charge >= 0.3 is 5.97 Å².